The number of nitrogens with one attached hydrogen (secondary N) is 2. The molecule has 0 aromatic carbocycles. The molecule has 0 spiro atoms. The van der Waals surface area contributed by atoms with Gasteiger partial charge in [0.1, 0.15) is 5.54 Å². The minimum absolute atomic E-state index is 0.223. The molecule has 7 N–H and O–H groups in total. The Hall–Kier alpha value is -1.16. The van der Waals surface area contributed by atoms with Crippen molar-refractivity contribution in [3.05, 3.63) is 0 Å². The predicted octanol–water partition coefficient (Wildman–Crippen LogP) is -1.33. The van der Waals surface area contributed by atoms with Crippen molar-refractivity contribution in [1.82, 2.24) is 10.6 Å². The first kappa shape index (κ1) is 18.9. The summed E-state index contributed by atoms with van der Waals surface area (Å²) in [5.74, 6) is -1.23. The molecule has 3 atom stereocenters. The third-order valence-electron chi connectivity index (χ3n) is 4.04. The minimum atomic E-state index is -1.36. The Bertz CT molecular complexity index is 394. The molecule has 8 nitrogen and oxygen atoms in total. The van der Waals surface area contributed by atoms with Crippen molar-refractivity contribution in [2.75, 3.05) is 6.54 Å². The van der Waals surface area contributed by atoms with E-state index in [0.717, 1.165) is 0 Å². The predicted molar refractivity (Wildman–Crippen MR) is 82.0 cm³/mol. The van der Waals surface area contributed by atoms with E-state index in [2.05, 4.69) is 10.6 Å². The molecule has 0 radical (unpaired) electrons. The summed E-state index contributed by atoms with van der Waals surface area (Å²) < 4.78 is 0. The lowest BCUT2D eigenvalue weighted by Gasteiger charge is -2.39. The average Bonchev–Trinajstić information content (AvgIpc) is 2.43. The number of amides is 1. The number of hydrogen-bond donors (Lipinski definition) is 6. The molecule has 1 fully saturated rings. The van der Waals surface area contributed by atoms with E-state index in [1.165, 1.54) is 0 Å². The molecule has 1 unspecified atom stereocenters. The van der Waals surface area contributed by atoms with E-state index in [-0.39, 0.29) is 18.3 Å². The van der Waals surface area contributed by atoms with Crippen LogP contribution in [0.5, 0.6) is 0 Å². The van der Waals surface area contributed by atoms with E-state index in [1.54, 1.807) is 6.92 Å². The minimum Gasteiger partial charge on any atom is -0.480 e. The SMILES string of the molecule is CC(N)C(=O)N[C@H]1CCN[C@@](CCCCB(O)O)(C(=O)O)C1. The molecule has 0 aliphatic carbocycles. The number of piperidine rings is 1. The van der Waals surface area contributed by atoms with Crippen molar-refractivity contribution in [1.29, 1.82) is 0 Å². The number of nitrogens with two attached hydrogens (primary N) is 1. The van der Waals surface area contributed by atoms with Gasteiger partial charge < -0.3 is 31.5 Å². The van der Waals surface area contributed by atoms with Crippen LogP contribution in [0.3, 0.4) is 0 Å². The number of carboxylic acid groups (broad SMARTS) is 1. The molecule has 0 bridgehead atoms. The van der Waals surface area contributed by atoms with Gasteiger partial charge in [0, 0.05) is 6.04 Å². The Labute approximate surface area is 130 Å². The molecule has 9 heteroatoms. The van der Waals surface area contributed by atoms with Gasteiger partial charge in [-0.25, -0.2) is 0 Å². The molecule has 126 valence electrons. The number of carbonyl (C=O) groups excluding carboxylic acids is 1. The van der Waals surface area contributed by atoms with Crippen LogP contribution >= 0.6 is 0 Å². The average molecular weight is 315 g/mol. The number of carboxylic acids is 1. The summed E-state index contributed by atoms with van der Waals surface area (Å²) in [6, 6.07) is -0.848. The third-order valence-corrected chi connectivity index (χ3v) is 4.04. The zero-order valence-electron chi connectivity index (χ0n) is 12.9. The van der Waals surface area contributed by atoms with Crippen molar-refractivity contribution < 1.29 is 24.7 Å². The number of carbonyl (C=O) groups is 2. The first-order chi connectivity index (χ1) is 10.3. The maximum atomic E-state index is 11.7. The Morgan fingerprint density at radius 2 is 2.14 bits per heavy atom. The van der Waals surface area contributed by atoms with E-state index in [9.17, 15) is 14.7 Å². The third kappa shape index (κ3) is 5.56. The standard InChI is InChI=1S/C13H26BN3O5/c1-9(15)11(18)17-10-4-7-16-13(8-10,12(19)20)5-2-3-6-14(21)22/h9-10,16,21-22H,2-8,15H2,1H3,(H,17,18)(H,19,20)/t9?,10-,13+/m0/s1. The molecular formula is C13H26BN3O5. The van der Waals surface area contributed by atoms with Crippen molar-refractivity contribution in [2.45, 2.75) is 63.0 Å². The van der Waals surface area contributed by atoms with Crippen LogP contribution in [0.1, 0.15) is 39.0 Å². The summed E-state index contributed by atoms with van der Waals surface area (Å²) in [6.45, 7) is 2.08. The quantitative estimate of drug-likeness (QED) is 0.240. The molecule has 1 rings (SSSR count). The fourth-order valence-corrected chi connectivity index (χ4v) is 2.75. The van der Waals surface area contributed by atoms with Gasteiger partial charge in [0.25, 0.3) is 0 Å². The first-order valence-corrected chi connectivity index (χ1v) is 7.67. The van der Waals surface area contributed by atoms with Crippen molar-refractivity contribution >= 4 is 19.0 Å². The first-order valence-electron chi connectivity index (χ1n) is 7.67. The van der Waals surface area contributed by atoms with Gasteiger partial charge in [0.2, 0.25) is 5.91 Å². The Kier molecular flexibility index (Phi) is 7.27. The second kappa shape index (κ2) is 8.47. The summed E-state index contributed by atoms with van der Waals surface area (Å²) >= 11 is 0. The van der Waals surface area contributed by atoms with Crippen LogP contribution < -0.4 is 16.4 Å². The molecule has 22 heavy (non-hydrogen) atoms. The molecule has 1 saturated heterocycles. The molecular weight excluding hydrogens is 289 g/mol. The smallest absolute Gasteiger partial charge is 0.451 e. The topological polar surface area (TPSA) is 145 Å². The van der Waals surface area contributed by atoms with Crippen molar-refractivity contribution in [3.8, 4) is 0 Å². The van der Waals surface area contributed by atoms with Crippen LogP contribution in [-0.2, 0) is 9.59 Å². The summed E-state index contributed by atoms with van der Waals surface area (Å²) in [7, 11) is -1.36. The highest BCUT2D eigenvalue weighted by Gasteiger charge is 2.42. The number of rotatable bonds is 8. The van der Waals surface area contributed by atoms with Gasteiger partial charge in [-0.05, 0) is 39.1 Å². The van der Waals surface area contributed by atoms with Gasteiger partial charge in [0.15, 0.2) is 0 Å². The lowest BCUT2D eigenvalue weighted by molar-refractivity contribution is -0.147. The lowest BCUT2D eigenvalue weighted by Crippen LogP contribution is -2.61. The lowest BCUT2D eigenvalue weighted by atomic mass is 9.78. The van der Waals surface area contributed by atoms with E-state index in [4.69, 9.17) is 15.8 Å². The Balaban J connectivity index is 2.60. The molecule has 1 aliphatic rings. The summed E-state index contributed by atoms with van der Waals surface area (Å²) in [5.41, 5.74) is 4.43. The zero-order valence-corrected chi connectivity index (χ0v) is 12.9. The van der Waals surface area contributed by atoms with Crippen LogP contribution in [0.2, 0.25) is 6.32 Å². The summed E-state index contributed by atoms with van der Waals surface area (Å²) in [4.78, 5) is 23.3. The molecule has 1 aliphatic heterocycles. The van der Waals surface area contributed by atoms with Gasteiger partial charge in [-0.3, -0.25) is 9.59 Å². The number of unbranched alkanes of at least 4 members (excludes halogenated alkanes) is 1. The number of aliphatic carboxylic acids is 1. The highest BCUT2D eigenvalue weighted by molar-refractivity contribution is 6.40. The number of hydrogen-bond acceptors (Lipinski definition) is 6. The zero-order chi connectivity index (χ0) is 16.8. The Morgan fingerprint density at radius 1 is 1.45 bits per heavy atom. The molecule has 1 heterocycles. The molecule has 0 aromatic heterocycles. The monoisotopic (exact) mass is 315 g/mol. The van der Waals surface area contributed by atoms with Crippen LogP contribution in [-0.4, -0.2) is 58.3 Å². The van der Waals surface area contributed by atoms with Crippen LogP contribution in [0, 0.1) is 0 Å². The van der Waals surface area contributed by atoms with Gasteiger partial charge in [-0.1, -0.05) is 12.8 Å². The van der Waals surface area contributed by atoms with Crippen LogP contribution in [0.25, 0.3) is 0 Å². The molecule has 0 aromatic rings. The van der Waals surface area contributed by atoms with E-state index in [0.29, 0.717) is 38.6 Å². The van der Waals surface area contributed by atoms with Crippen LogP contribution in [0.4, 0.5) is 0 Å². The van der Waals surface area contributed by atoms with Gasteiger partial charge in [0.05, 0.1) is 6.04 Å². The molecule has 1 amide bonds. The van der Waals surface area contributed by atoms with E-state index >= 15 is 0 Å². The fraction of sp³-hybridized carbons (Fsp3) is 0.846. The second-order valence-corrected chi connectivity index (χ2v) is 6.03. The highest BCUT2D eigenvalue weighted by atomic mass is 16.4. The van der Waals surface area contributed by atoms with E-state index < -0.39 is 24.7 Å². The van der Waals surface area contributed by atoms with Gasteiger partial charge in [-0.2, -0.15) is 0 Å². The van der Waals surface area contributed by atoms with Crippen LogP contribution in [0.15, 0.2) is 0 Å². The van der Waals surface area contributed by atoms with Crippen molar-refractivity contribution in [3.63, 3.8) is 0 Å². The maximum Gasteiger partial charge on any atom is 0.451 e. The second-order valence-electron chi connectivity index (χ2n) is 6.03. The summed E-state index contributed by atoms with van der Waals surface area (Å²) in [6.07, 6.45) is 2.64. The maximum absolute atomic E-state index is 11.7. The normalized spacial score (nSPS) is 26.3. The van der Waals surface area contributed by atoms with Gasteiger partial charge >= 0.3 is 13.1 Å². The van der Waals surface area contributed by atoms with Gasteiger partial charge in [-0.15, -0.1) is 0 Å². The largest absolute Gasteiger partial charge is 0.480 e. The highest BCUT2D eigenvalue weighted by Crippen LogP contribution is 2.26. The van der Waals surface area contributed by atoms with E-state index in [1.807, 2.05) is 0 Å². The fourth-order valence-electron chi connectivity index (χ4n) is 2.75. The van der Waals surface area contributed by atoms with Crippen molar-refractivity contribution in [2.24, 2.45) is 5.73 Å². The summed E-state index contributed by atoms with van der Waals surface area (Å²) in [5, 5.41) is 33.0. The Morgan fingerprint density at radius 3 is 2.68 bits per heavy atom. The molecule has 0 saturated carbocycles.